The van der Waals surface area contributed by atoms with Crippen LogP contribution >= 0.6 is 8.73 Å². The van der Waals surface area contributed by atoms with E-state index in [-0.39, 0.29) is 0 Å². The van der Waals surface area contributed by atoms with E-state index >= 15 is 0 Å². The molecular weight excluding hydrogens is 165 g/mol. The molecular formula is C6H12NO3P. The average Bonchev–Trinajstić information content (AvgIpc) is 2.38. The molecule has 1 aliphatic rings. The summed E-state index contributed by atoms with van der Waals surface area (Å²) in [6.45, 7) is 2.76. The largest absolute Gasteiger partial charge is 0.480 e. The SMILES string of the molecule is CPNC1(C(=O)O)CCOC1. The Bertz CT molecular complexity index is 156. The van der Waals surface area contributed by atoms with E-state index < -0.39 is 11.5 Å². The summed E-state index contributed by atoms with van der Waals surface area (Å²) in [4.78, 5) is 10.8. The highest BCUT2D eigenvalue weighted by Gasteiger charge is 2.41. The van der Waals surface area contributed by atoms with Gasteiger partial charge in [0.15, 0.2) is 0 Å². The molecule has 0 radical (unpaired) electrons. The maximum atomic E-state index is 10.8. The van der Waals surface area contributed by atoms with Crippen molar-refractivity contribution >= 4 is 14.7 Å². The van der Waals surface area contributed by atoms with Crippen LogP contribution in [0.1, 0.15) is 6.42 Å². The Labute approximate surface area is 67.1 Å². The minimum absolute atomic E-state index is 0.295. The van der Waals surface area contributed by atoms with Gasteiger partial charge in [0.05, 0.1) is 6.61 Å². The lowest BCUT2D eigenvalue weighted by atomic mass is 10.0. The summed E-state index contributed by atoms with van der Waals surface area (Å²) < 4.78 is 5.04. The molecule has 1 heterocycles. The summed E-state index contributed by atoms with van der Waals surface area (Å²) in [5.41, 5.74) is -0.798. The third kappa shape index (κ3) is 1.70. The van der Waals surface area contributed by atoms with Crippen molar-refractivity contribution < 1.29 is 14.6 Å². The summed E-state index contributed by atoms with van der Waals surface area (Å²) in [5.74, 6) is -0.802. The number of nitrogens with one attached hydrogen (secondary N) is 1. The molecule has 5 heteroatoms. The van der Waals surface area contributed by atoms with Gasteiger partial charge in [-0.2, -0.15) is 0 Å². The second-order valence-electron chi connectivity index (χ2n) is 2.56. The fourth-order valence-corrected chi connectivity index (χ4v) is 1.91. The van der Waals surface area contributed by atoms with Gasteiger partial charge in [-0.3, -0.25) is 9.88 Å². The molecule has 0 bridgehead atoms. The minimum atomic E-state index is -0.802. The van der Waals surface area contributed by atoms with Gasteiger partial charge in [-0.25, -0.2) is 0 Å². The maximum absolute atomic E-state index is 10.8. The molecule has 1 saturated heterocycles. The standard InChI is InChI=1S/C6H12NO3P/c1-11-7-6(5(8)9)2-3-10-4-6/h7,11H,2-4H2,1H3,(H,8,9). The smallest absolute Gasteiger partial charge is 0.326 e. The Hall–Kier alpha value is -0.180. The number of hydrogen-bond acceptors (Lipinski definition) is 3. The van der Waals surface area contributed by atoms with Gasteiger partial charge in [-0.15, -0.1) is 0 Å². The number of ether oxygens (including phenoxy) is 1. The van der Waals surface area contributed by atoms with Crippen molar-refractivity contribution in [2.75, 3.05) is 19.9 Å². The zero-order chi connectivity index (χ0) is 8.32. The molecule has 4 nitrogen and oxygen atoms in total. The van der Waals surface area contributed by atoms with Crippen molar-refractivity contribution in [2.45, 2.75) is 12.0 Å². The van der Waals surface area contributed by atoms with E-state index in [9.17, 15) is 4.79 Å². The second-order valence-corrected chi connectivity index (χ2v) is 3.31. The number of aliphatic carboxylic acids is 1. The molecule has 0 aromatic carbocycles. The highest BCUT2D eigenvalue weighted by molar-refractivity contribution is 7.34. The lowest BCUT2D eigenvalue weighted by Crippen LogP contribution is -2.48. The highest BCUT2D eigenvalue weighted by Crippen LogP contribution is 2.22. The molecule has 1 rings (SSSR count). The average molecular weight is 177 g/mol. The molecule has 1 fully saturated rings. The van der Waals surface area contributed by atoms with Crippen LogP contribution in [-0.4, -0.2) is 36.5 Å². The number of hydrogen-bond donors (Lipinski definition) is 2. The molecule has 2 unspecified atom stereocenters. The molecule has 2 N–H and O–H groups in total. The van der Waals surface area contributed by atoms with E-state index in [1.807, 2.05) is 6.66 Å². The van der Waals surface area contributed by atoms with Gasteiger partial charge in [-0.05, 0) is 6.66 Å². The Morgan fingerprint density at radius 1 is 1.82 bits per heavy atom. The van der Waals surface area contributed by atoms with Gasteiger partial charge < -0.3 is 9.84 Å². The first-order valence-corrected chi connectivity index (χ1v) is 4.96. The van der Waals surface area contributed by atoms with E-state index in [1.54, 1.807) is 0 Å². The maximum Gasteiger partial charge on any atom is 0.326 e. The molecule has 0 amide bonds. The number of carboxylic acid groups (broad SMARTS) is 1. The molecule has 1 aliphatic heterocycles. The van der Waals surface area contributed by atoms with Crippen LogP contribution in [0.2, 0.25) is 0 Å². The van der Waals surface area contributed by atoms with Gasteiger partial charge in [0.25, 0.3) is 0 Å². The van der Waals surface area contributed by atoms with Gasteiger partial charge in [-0.1, -0.05) is 8.73 Å². The zero-order valence-corrected chi connectivity index (χ0v) is 7.39. The first kappa shape index (κ1) is 8.91. The molecule has 64 valence electrons. The van der Waals surface area contributed by atoms with Crippen molar-refractivity contribution in [3.63, 3.8) is 0 Å². The van der Waals surface area contributed by atoms with Crippen molar-refractivity contribution in [1.29, 1.82) is 0 Å². The number of carbonyl (C=O) groups is 1. The molecule has 0 spiro atoms. The Morgan fingerprint density at radius 3 is 2.91 bits per heavy atom. The molecule has 0 aromatic heterocycles. The molecule has 11 heavy (non-hydrogen) atoms. The molecule has 0 aromatic rings. The third-order valence-electron chi connectivity index (χ3n) is 1.80. The summed E-state index contributed by atoms with van der Waals surface area (Å²) in [6, 6.07) is 0. The second kappa shape index (κ2) is 3.48. The van der Waals surface area contributed by atoms with Crippen molar-refractivity contribution in [2.24, 2.45) is 0 Å². The van der Waals surface area contributed by atoms with Gasteiger partial charge >= 0.3 is 5.97 Å². The monoisotopic (exact) mass is 177 g/mol. The number of rotatable bonds is 3. The van der Waals surface area contributed by atoms with E-state index in [1.165, 1.54) is 0 Å². The van der Waals surface area contributed by atoms with E-state index in [0.29, 0.717) is 28.4 Å². The van der Waals surface area contributed by atoms with Gasteiger partial charge in [0, 0.05) is 13.0 Å². The van der Waals surface area contributed by atoms with Crippen LogP contribution in [0.5, 0.6) is 0 Å². The Balaban J connectivity index is 2.62. The van der Waals surface area contributed by atoms with E-state index in [0.717, 1.165) is 0 Å². The summed E-state index contributed by atoms with van der Waals surface area (Å²) >= 11 is 0. The molecule has 0 saturated carbocycles. The van der Waals surface area contributed by atoms with Crippen molar-refractivity contribution in [3.8, 4) is 0 Å². The highest BCUT2D eigenvalue weighted by atomic mass is 31.1. The summed E-state index contributed by atoms with van der Waals surface area (Å²) in [6.07, 6.45) is 0.573. The van der Waals surface area contributed by atoms with Crippen molar-refractivity contribution in [3.05, 3.63) is 0 Å². The first-order chi connectivity index (χ1) is 5.21. The van der Waals surface area contributed by atoms with Gasteiger partial charge in [0.2, 0.25) is 0 Å². The quantitative estimate of drug-likeness (QED) is 0.598. The Kier molecular flexibility index (Phi) is 2.82. The van der Waals surface area contributed by atoms with Crippen LogP contribution in [0.15, 0.2) is 0 Å². The van der Waals surface area contributed by atoms with Crippen LogP contribution in [0.3, 0.4) is 0 Å². The van der Waals surface area contributed by atoms with Crippen LogP contribution in [0, 0.1) is 0 Å². The minimum Gasteiger partial charge on any atom is -0.480 e. The van der Waals surface area contributed by atoms with E-state index in [4.69, 9.17) is 9.84 Å². The lowest BCUT2D eigenvalue weighted by Gasteiger charge is -2.22. The first-order valence-electron chi connectivity index (χ1n) is 3.46. The van der Waals surface area contributed by atoms with Gasteiger partial charge in [0.1, 0.15) is 5.54 Å². The Morgan fingerprint density at radius 2 is 2.55 bits per heavy atom. The predicted molar refractivity (Wildman–Crippen MR) is 43.2 cm³/mol. The normalized spacial score (nSPS) is 31.7. The van der Waals surface area contributed by atoms with Crippen LogP contribution in [0.4, 0.5) is 0 Å². The van der Waals surface area contributed by atoms with Crippen molar-refractivity contribution in [1.82, 2.24) is 5.09 Å². The number of carboxylic acids is 1. The topological polar surface area (TPSA) is 58.6 Å². The van der Waals surface area contributed by atoms with E-state index in [2.05, 4.69) is 5.09 Å². The van der Waals surface area contributed by atoms with Crippen LogP contribution < -0.4 is 5.09 Å². The summed E-state index contributed by atoms with van der Waals surface area (Å²) in [5, 5.41) is 11.8. The lowest BCUT2D eigenvalue weighted by molar-refractivity contribution is -0.143. The van der Waals surface area contributed by atoms with Crippen LogP contribution in [0.25, 0.3) is 0 Å². The third-order valence-corrected chi connectivity index (χ3v) is 2.52. The van der Waals surface area contributed by atoms with Crippen LogP contribution in [-0.2, 0) is 9.53 Å². The fourth-order valence-electron chi connectivity index (χ4n) is 1.12. The fraction of sp³-hybridized carbons (Fsp3) is 0.833. The molecule has 2 atom stereocenters. The predicted octanol–water partition coefficient (Wildman–Crippen LogP) is 0.0430. The molecule has 0 aliphatic carbocycles. The zero-order valence-electron chi connectivity index (χ0n) is 6.39. The summed E-state index contributed by atoms with van der Waals surface area (Å²) in [7, 11) is 0.445.